The van der Waals surface area contributed by atoms with Crippen molar-refractivity contribution in [2.45, 2.75) is 25.1 Å². The molecule has 1 aliphatic heterocycles. The summed E-state index contributed by atoms with van der Waals surface area (Å²) in [5.41, 5.74) is 0. The van der Waals surface area contributed by atoms with Crippen molar-refractivity contribution < 1.29 is 15.0 Å². The van der Waals surface area contributed by atoms with E-state index in [0.29, 0.717) is 13.1 Å². The zero-order chi connectivity index (χ0) is 11.7. The van der Waals surface area contributed by atoms with E-state index in [9.17, 15) is 9.90 Å². The second-order valence-electron chi connectivity index (χ2n) is 4.09. The topological polar surface area (TPSA) is 78.6 Å². The molecule has 1 aromatic rings. The Balaban J connectivity index is 2.07. The maximum atomic E-state index is 10.8. The minimum atomic E-state index is -0.867. The lowest BCUT2D eigenvalue weighted by molar-refractivity contribution is -0.142. The monoisotopic (exact) mass is 225 g/mol. The molecular weight excluding hydrogens is 210 g/mol. The van der Waals surface area contributed by atoms with Crippen LogP contribution in [0, 0.1) is 0 Å². The number of rotatable bonds is 3. The quantitative estimate of drug-likeness (QED) is 0.730. The normalized spacial score (nSPS) is 28.1. The van der Waals surface area contributed by atoms with Crippen LogP contribution >= 0.6 is 0 Å². The van der Waals surface area contributed by atoms with Crippen molar-refractivity contribution >= 4 is 5.97 Å². The van der Waals surface area contributed by atoms with Crippen molar-refractivity contribution in [3.63, 3.8) is 0 Å². The summed E-state index contributed by atoms with van der Waals surface area (Å²) >= 11 is 0. The number of aromatic nitrogens is 2. The van der Waals surface area contributed by atoms with E-state index in [-0.39, 0.29) is 6.04 Å². The van der Waals surface area contributed by atoms with Gasteiger partial charge >= 0.3 is 5.97 Å². The fourth-order valence-electron chi connectivity index (χ4n) is 2.01. The van der Waals surface area contributed by atoms with Gasteiger partial charge in [-0.05, 0) is 13.0 Å². The van der Waals surface area contributed by atoms with Crippen LogP contribution in [0.15, 0.2) is 18.5 Å². The first-order valence-corrected chi connectivity index (χ1v) is 5.23. The Morgan fingerprint density at radius 1 is 1.56 bits per heavy atom. The van der Waals surface area contributed by atoms with Gasteiger partial charge in [-0.15, -0.1) is 0 Å². The molecule has 0 amide bonds. The Bertz CT molecular complexity index is 365. The van der Waals surface area contributed by atoms with Gasteiger partial charge in [0.05, 0.1) is 12.1 Å². The van der Waals surface area contributed by atoms with Gasteiger partial charge in [0.2, 0.25) is 0 Å². The van der Waals surface area contributed by atoms with Crippen LogP contribution in [0.2, 0.25) is 0 Å². The first-order chi connectivity index (χ1) is 7.59. The molecule has 0 aromatic carbocycles. The van der Waals surface area contributed by atoms with Crippen LogP contribution in [-0.4, -0.2) is 56.1 Å². The molecule has 88 valence electrons. The number of carboxylic acid groups (broad SMARTS) is 1. The van der Waals surface area contributed by atoms with Crippen LogP contribution in [0.4, 0.5) is 0 Å². The zero-order valence-corrected chi connectivity index (χ0v) is 9.02. The minimum absolute atomic E-state index is 0.156. The minimum Gasteiger partial charge on any atom is -0.480 e. The van der Waals surface area contributed by atoms with Crippen LogP contribution in [0.25, 0.3) is 0 Å². The van der Waals surface area contributed by atoms with Crippen molar-refractivity contribution in [1.82, 2.24) is 14.7 Å². The number of hydrogen-bond acceptors (Lipinski definition) is 4. The van der Waals surface area contributed by atoms with E-state index >= 15 is 0 Å². The number of carbonyl (C=O) groups is 1. The highest BCUT2D eigenvalue weighted by atomic mass is 16.4. The van der Waals surface area contributed by atoms with E-state index in [1.807, 2.05) is 0 Å². The van der Waals surface area contributed by atoms with Crippen LogP contribution < -0.4 is 0 Å². The van der Waals surface area contributed by atoms with Crippen LogP contribution in [0.3, 0.4) is 0 Å². The number of aliphatic hydroxyl groups is 1. The Labute approximate surface area is 93.1 Å². The molecule has 16 heavy (non-hydrogen) atoms. The third-order valence-electron chi connectivity index (χ3n) is 3.06. The lowest BCUT2D eigenvalue weighted by Crippen LogP contribution is -2.37. The molecule has 0 radical (unpaired) electrons. The lowest BCUT2D eigenvalue weighted by atomic mass is 10.2. The number of hydrogen-bond donors (Lipinski definition) is 2. The highest BCUT2D eigenvalue weighted by Gasteiger charge is 2.37. The van der Waals surface area contributed by atoms with Crippen molar-refractivity contribution in [2.75, 3.05) is 13.1 Å². The van der Waals surface area contributed by atoms with Gasteiger partial charge in [0.15, 0.2) is 0 Å². The molecule has 2 rings (SSSR count). The number of nitrogens with zero attached hydrogens (tertiary/aromatic N) is 3. The zero-order valence-electron chi connectivity index (χ0n) is 9.02. The summed E-state index contributed by atoms with van der Waals surface area (Å²) in [6.07, 6.45) is 2.86. The molecule has 0 bridgehead atoms. The van der Waals surface area contributed by atoms with Gasteiger partial charge in [0, 0.05) is 25.5 Å². The first-order valence-electron chi connectivity index (χ1n) is 5.23. The van der Waals surface area contributed by atoms with E-state index in [4.69, 9.17) is 5.11 Å². The summed E-state index contributed by atoms with van der Waals surface area (Å²) in [4.78, 5) is 12.6. The summed E-state index contributed by atoms with van der Waals surface area (Å²) in [7, 11) is 0. The Morgan fingerprint density at radius 2 is 2.31 bits per heavy atom. The molecule has 6 nitrogen and oxygen atoms in total. The van der Waals surface area contributed by atoms with Gasteiger partial charge in [-0.25, -0.2) is 0 Å². The molecule has 3 atom stereocenters. The van der Waals surface area contributed by atoms with Crippen molar-refractivity contribution in [2.24, 2.45) is 0 Å². The Hall–Kier alpha value is -1.40. The number of aliphatic hydroxyl groups excluding tert-OH is 1. The number of carboxylic acids is 1. The van der Waals surface area contributed by atoms with E-state index < -0.39 is 18.1 Å². The van der Waals surface area contributed by atoms with Gasteiger partial charge in [0.1, 0.15) is 6.04 Å². The highest BCUT2D eigenvalue weighted by molar-refractivity contribution is 5.72. The number of likely N-dealkylation sites (tertiary alicyclic amines) is 1. The van der Waals surface area contributed by atoms with Crippen molar-refractivity contribution in [3.05, 3.63) is 18.5 Å². The van der Waals surface area contributed by atoms with Crippen LogP contribution in [-0.2, 0) is 4.79 Å². The highest BCUT2D eigenvalue weighted by Crippen LogP contribution is 2.23. The van der Waals surface area contributed by atoms with Crippen molar-refractivity contribution in [3.8, 4) is 0 Å². The fraction of sp³-hybridized carbons (Fsp3) is 0.600. The van der Waals surface area contributed by atoms with E-state index in [2.05, 4.69) is 5.10 Å². The third kappa shape index (κ3) is 1.94. The molecule has 0 aliphatic carbocycles. The molecule has 0 saturated carbocycles. The van der Waals surface area contributed by atoms with Crippen LogP contribution in [0.5, 0.6) is 0 Å². The number of aliphatic carboxylic acids is 1. The molecule has 6 heteroatoms. The van der Waals surface area contributed by atoms with E-state index in [0.717, 1.165) is 0 Å². The molecule has 1 saturated heterocycles. The summed E-state index contributed by atoms with van der Waals surface area (Å²) in [5.74, 6) is -0.867. The predicted octanol–water partition coefficient (Wildman–Crippen LogP) is -0.426. The van der Waals surface area contributed by atoms with E-state index in [1.165, 1.54) is 0 Å². The summed E-state index contributed by atoms with van der Waals surface area (Å²) in [6, 6.07) is 1.06. The smallest absolute Gasteiger partial charge is 0.320 e. The standard InChI is InChI=1S/C10H15N3O3/c1-7(10(15)16)12-5-8(9(14)6-12)13-4-2-3-11-13/h2-4,7-9,14H,5-6H2,1H3,(H,15,16)/t7-,8+,9-/m1/s1. The van der Waals surface area contributed by atoms with Gasteiger partial charge < -0.3 is 10.2 Å². The number of β-amino-alcohol motifs (C(OH)–C–C–N with tert-alkyl or cyclic N) is 1. The molecule has 1 aromatic heterocycles. The van der Waals surface area contributed by atoms with Gasteiger partial charge in [0.25, 0.3) is 0 Å². The predicted molar refractivity (Wildman–Crippen MR) is 55.9 cm³/mol. The Kier molecular flexibility index (Phi) is 2.93. The SMILES string of the molecule is C[C@H](C(=O)O)N1C[C@@H](O)[C@@H](n2cccn2)C1. The average Bonchev–Trinajstić information content (AvgIpc) is 2.84. The summed E-state index contributed by atoms with van der Waals surface area (Å²) in [6.45, 7) is 2.51. The van der Waals surface area contributed by atoms with Gasteiger partial charge in [-0.2, -0.15) is 5.10 Å². The average molecular weight is 225 g/mol. The molecule has 1 fully saturated rings. The summed E-state index contributed by atoms with van der Waals surface area (Å²) in [5, 5.41) is 22.8. The second-order valence-corrected chi connectivity index (χ2v) is 4.09. The van der Waals surface area contributed by atoms with E-state index in [1.54, 1.807) is 35.0 Å². The largest absolute Gasteiger partial charge is 0.480 e. The first kappa shape index (κ1) is 11.1. The molecule has 0 spiro atoms. The lowest BCUT2D eigenvalue weighted by Gasteiger charge is -2.19. The molecule has 1 aliphatic rings. The molecular formula is C10H15N3O3. The van der Waals surface area contributed by atoms with Gasteiger partial charge in [-0.3, -0.25) is 14.4 Å². The molecule has 2 heterocycles. The van der Waals surface area contributed by atoms with Gasteiger partial charge in [-0.1, -0.05) is 0 Å². The maximum Gasteiger partial charge on any atom is 0.320 e. The fourth-order valence-corrected chi connectivity index (χ4v) is 2.01. The Morgan fingerprint density at radius 3 is 2.88 bits per heavy atom. The third-order valence-corrected chi connectivity index (χ3v) is 3.06. The van der Waals surface area contributed by atoms with Crippen LogP contribution in [0.1, 0.15) is 13.0 Å². The maximum absolute atomic E-state index is 10.8. The molecule has 0 unspecified atom stereocenters. The van der Waals surface area contributed by atoms with Crippen molar-refractivity contribution in [1.29, 1.82) is 0 Å². The molecule has 2 N–H and O–H groups in total. The summed E-state index contributed by atoms with van der Waals surface area (Å²) < 4.78 is 1.68. The second kappa shape index (κ2) is 4.23.